The standard InChI is InChI=1S/C18H27NO/c1-5-19(6-2)18(3,4)17(20)13-14-10-11-15-8-7-9-16(15)12-14/h10-12H,5-9,13H2,1-4H3. The number of Topliss-reactive ketones (excluding diaryl/α,β-unsaturated/α-hetero) is 1. The van der Waals surface area contributed by atoms with Gasteiger partial charge in [0.2, 0.25) is 0 Å². The van der Waals surface area contributed by atoms with Crippen LogP contribution in [0.25, 0.3) is 0 Å². The van der Waals surface area contributed by atoms with E-state index in [9.17, 15) is 4.79 Å². The maximum absolute atomic E-state index is 12.7. The molecular weight excluding hydrogens is 246 g/mol. The highest BCUT2D eigenvalue weighted by Crippen LogP contribution is 2.24. The minimum Gasteiger partial charge on any atom is -0.297 e. The third-order valence-electron chi connectivity index (χ3n) is 4.76. The van der Waals surface area contributed by atoms with E-state index in [4.69, 9.17) is 0 Å². The summed E-state index contributed by atoms with van der Waals surface area (Å²) in [6.07, 6.45) is 4.19. The van der Waals surface area contributed by atoms with Gasteiger partial charge in [0.15, 0.2) is 5.78 Å². The zero-order valence-electron chi connectivity index (χ0n) is 13.3. The van der Waals surface area contributed by atoms with E-state index in [0.717, 1.165) is 13.1 Å². The molecule has 0 heterocycles. The number of hydrogen-bond donors (Lipinski definition) is 0. The van der Waals surface area contributed by atoms with E-state index < -0.39 is 0 Å². The minimum atomic E-state index is -0.373. The van der Waals surface area contributed by atoms with Gasteiger partial charge in [-0.2, -0.15) is 0 Å². The van der Waals surface area contributed by atoms with Crippen LogP contribution in [0.4, 0.5) is 0 Å². The number of hydrogen-bond acceptors (Lipinski definition) is 2. The molecule has 0 bridgehead atoms. The summed E-state index contributed by atoms with van der Waals surface area (Å²) >= 11 is 0. The van der Waals surface area contributed by atoms with Gasteiger partial charge in [-0.15, -0.1) is 0 Å². The van der Waals surface area contributed by atoms with Crippen molar-refractivity contribution in [3.8, 4) is 0 Å². The van der Waals surface area contributed by atoms with Crippen molar-refractivity contribution < 1.29 is 4.79 Å². The second-order valence-electron chi connectivity index (χ2n) is 6.29. The first-order chi connectivity index (χ1) is 9.48. The Balaban J connectivity index is 2.11. The second-order valence-corrected chi connectivity index (χ2v) is 6.29. The average Bonchev–Trinajstić information content (AvgIpc) is 2.87. The average molecular weight is 273 g/mol. The molecule has 0 saturated carbocycles. The van der Waals surface area contributed by atoms with Crippen molar-refractivity contribution in [2.75, 3.05) is 13.1 Å². The number of carbonyl (C=O) groups excluding carboxylic acids is 1. The smallest absolute Gasteiger partial charge is 0.156 e. The summed E-state index contributed by atoms with van der Waals surface area (Å²) < 4.78 is 0. The van der Waals surface area contributed by atoms with Gasteiger partial charge in [-0.3, -0.25) is 9.69 Å². The van der Waals surface area contributed by atoms with E-state index in [1.165, 1.54) is 36.0 Å². The molecule has 0 aliphatic heterocycles. The SMILES string of the molecule is CCN(CC)C(C)(C)C(=O)Cc1ccc2c(c1)CCC2. The molecule has 0 saturated heterocycles. The van der Waals surface area contributed by atoms with E-state index in [0.29, 0.717) is 12.2 Å². The van der Waals surface area contributed by atoms with Crippen molar-refractivity contribution in [1.29, 1.82) is 0 Å². The molecule has 1 aliphatic rings. The van der Waals surface area contributed by atoms with E-state index in [1.807, 2.05) is 0 Å². The molecule has 0 unspecified atom stereocenters. The predicted molar refractivity (Wildman–Crippen MR) is 84.2 cm³/mol. The first-order valence-corrected chi connectivity index (χ1v) is 7.88. The van der Waals surface area contributed by atoms with Crippen molar-refractivity contribution in [3.05, 3.63) is 34.9 Å². The molecule has 2 rings (SSSR count). The van der Waals surface area contributed by atoms with E-state index in [-0.39, 0.29) is 5.54 Å². The molecule has 0 atom stereocenters. The van der Waals surface area contributed by atoms with Crippen LogP contribution in [-0.2, 0) is 24.1 Å². The Hall–Kier alpha value is -1.15. The first kappa shape index (κ1) is 15.2. The molecule has 0 aromatic heterocycles. The number of nitrogens with zero attached hydrogens (tertiary/aromatic N) is 1. The zero-order valence-corrected chi connectivity index (χ0v) is 13.3. The fourth-order valence-corrected chi connectivity index (χ4v) is 3.33. The summed E-state index contributed by atoms with van der Waals surface area (Å²) in [5.41, 5.74) is 3.73. The third kappa shape index (κ3) is 2.95. The van der Waals surface area contributed by atoms with Crippen molar-refractivity contribution >= 4 is 5.78 Å². The highest BCUT2D eigenvalue weighted by atomic mass is 16.1. The van der Waals surface area contributed by atoms with E-state index in [1.54, 1.807) is 0 Å². The minimum absolute atomic E-state index is 0.319. The molecule has 1 aromatic carbocycles. The molecule has 0 radical (unpaired) electrons. The normalized spacial score (nSPS) is 14.7. The topological polar surface area (TPSA) is 20.3 Å². The van der Waals surface area contributed by atoms with Crippen molar-refractivity contribution in [2.24, 2.45) is 0 Å². The lowest BCUT2D eigenvalue weighted by atomic mass is 9.91. The Morgan fingerprint density at radius 2 is 1.80 bits per heavy atom. The molecule has 0 N–H and O–H groups in total. The highest BCUT2D eigenvalue weighted by Gasteiger charge is 2.32. The van der Waals surface area contributed by atoms with E-state index in [2.05, 4.69) is 50.8 Å². The van der Waals surface area contributed by atoms with Crippen LogP contribution in [0.5, 0.6) is 0 Å². The van der Waals surface area contributed by atoms with Crippen LogP contribution in [0.15, 0.2) is 18.2 Å². The summed E-state index contributed by atoms with van der Waals surface area (Å²) in [6.45, 7) is 10.2. The van der Waals surface area contributed by atoms with Crippen LogP contribution in [-0.4, -0.2) is 29.3 Å². The van der Waals surface area contributed by atoms with Gasteiger partial charge in [-0.25, -0.2) is 0 Å². The van der Waals surface area contributed by atoms with Crippen LogP contribution in [0.1, 0.15) is 50.8 Å². The van der Waals surface area contributed by atoms with Gasteiger partial charge < -0.3 is 0 Å². The number of rotatable bonds is 6. The number of fused-ring (bicyclic) bond motifs is 1. The molecule has 0 amide bonds. The van der Waals surface area contributed by atoms with Gasteiger partial charge in [0.05, 0.1) is 5.54 Å². The first-order valence-electron chi connectivity index (χ1n) is 7.88. The third-order valence-corrected chi connectivity index (χ3v) is 4.76. The summed E-state index contributed by atoms with van der Waals surface area (Å²) in [5, 5.41) is 0. The van der Waals surface area contributed by atoms with Crippen molar-refractivity contribution in [2.45, 2.75) is 58.9 Å². The number of carbonyl (C=O) groups is 1. The number of benzene rings is 1. The monoisotopic (exact) mass is 273 g/mol. The van der Waals surface area contributed by atoms with Gasteiger partial charge in [0.25, 0.3) is 0 Å². The Labute approximate surface area is 123 Å². The lowest BCUT2D eigenvalue weighted by Gasteiger charge is -2.35. The summed E-state index contributed by atoms with van der Waals surface area (Å²) in [5.74, 6) is 0.319. The van der Waals surface area contributed by atoms with E-state index >= 15 is 0 Å². The summed E-state index contributed by atoms with van der Waals surface area (Å²) in [4.78, 5) is 14.9. The molecule has 2 heteroatoms. The van der Waals surface area contributed by atoms with Crippen LogP contribution >= 0.6 is 0 Å². The maximum Gasteiger partial charge on any atom is 0.156 e. The van der Waals surface area contributed by atoms with Crippen molar-refractivity contribution in [1.82, 2.24) is 4.90 Å². The highest BCUT2D eigenvalue weighted by molar-refractivity contribution is 5.89. The van der Waals surface area contributed by atoms with Gasteiger partial charge >= 0.3 is 0 Å². The fourth-order valence-electron chi connectivity index (χ4n) is 3.33. The number of ketones is 1. The Kier molecular flexibility index (Phi) is 4.64. The Morgan fingerprint density at radius 3 is 2.45 bits per heavy atom. The van der Waals surface area contributed by atoms with Crippen LogP contribution in [0.2, 0.25) is 0 Å². The predicted octanol–water partition coefficient (Wildman–Crippen LogP) is 3.41. The molecule has 20 heavy (non-hydrogen) atoms. The molecule has 110 valence electrons. The number of likely N-dealkylation sites (N-methyl/N-ethyl adjacent to an activating group) is 1. The van der Waals surface area contributed by atoms with Gasteiger partial charge in [0, 0.05) is 6.42 Å². The number of aryl methyl sites for hydroxylation is 2. The van der Waals surface area contributed by atoms with Crippen LogP contribution in [0.3, 0.4) is 0 Å². The van der Waals surface area contributed by atoms with Gasteiger partial charge in [-0.05, 0) is 62.9 Å². The quantitative estimate of drug-likeness (QED) is 0.791. The largest absolute Gasteiger partial charge is 0.297 e. The lowest BCUT2D eigenvalue weighted by Crippen LogP contribution is -2.50. The second kappa shape index (κ2) is 6.09. The molecule has 0 spiro atoms. The fraction of sp³-hybridized carbons (Fsp3) is 0.611. The van der Waals surface area contributed by atoms with Crippen molar-refractivity contribution in [3.63, 3.8) is 0 Å². The molecule has 2 nitrogen and oxygen atoms in total. The summed E-state index contributed by atoms with van der Waals surface area (Å²) in [6, 6.07) is 6.61. The van der Waals surface area contributed by atoms with Crippen LogP contribution < -0.4 is 0 Å². The van der Waals surface area contributed by atoms with Crippen LogP contribution in [0, 0.1) is 0 Å². The van der Waals surface area contributed by atoms with Gasteiger partial charge in [-0.1, -0.05) is 32.0 Å². The lowest BCUT2D eigenvalue weighted by molar-refractivity contribution is -0.128. The Bertz CT molecular complexity index is 486. The summed E-state index contributed by atoms with van der Waals surface area (Å²) in [7, 11) is 0. The Morgan fingerprint density at radius 1 is 1.15 bits per heavy atom. The molecule has 0 fully saturated rings. The molecular formula is C18H27NO. The molecule has 1 aromatic rings. The zero-order chi connectivity index (χ0) is 14.8. The van der Waals surface area contributed by atoms with Gasteiger partial charge in [0.1, 0.15) is 0 Å². The maximum atomic E-state index is 12.7. The molecule has 1 aliphatic carbocycles.